The third-order valence-electron chi connectivity index (χ3n) is 17.4. The molecule has 0 N–H and O–H groups in total. The van der Waals surface area contributed by atoms with Gasteiger partial charge in [0.25, 0.3) is 0 Å². The average molecular weight is 1250 g/mol. The summed E-state index contributed by atoms with van der Waals surface area (Å²) in [5, 5.41) is 3.78. The van der Waals surface area contributed by atoms with E-state index < -0.39 is 47.4 Å². The summed E-state index contributed by atoms with van der Waals surface area (Å²) in [4.78, 5) is 9.45. The number of benzene rings is 12. The standard InChI is InChI=1S/C72H48N4O8S4Si/c77-85(78)65-25-9-1-17-57(65)73(58-18-2-10-26-66(58)85)49-33-41-53(42-34-49)89(54-43-35-50(36-44-54)74-59-19-3-11-27-67(59)86(79,80)68-28-12-4-20-60(68)74,55-45-37-51(38-46-55)75-61-21-5-13-29-69(61)87(81,82)70-30-14-6-22-62(70)75)56-47-39-52(40-48-56)76-63-23-7-15-31-71(63)88(83,84)72-32-16-8-24-64(72)76/h1-48H. The Labute approximate surface area is 516 Å². The van der Waals surface area contributed by atoms with Crippen LogP contribution in [-0.2, 0) is 39.3 Å². The van der Waals surface area contributed by atoms with Gasteiger partial charge < -0.3 is 19.6 Å². The number of hydrogen-bond acceptors (Lipinski definition) is 12. The summed E-state index contributed by atoms with van der Waals surface area (Å²) in [6, 6.07) is 89.4. The molecule has 4 aliphatic heterocycles. The first-order chi connectivity index (χ1) is 43.2. The predicted octanol–water partition coefficient (Wildman–Crippen LogP) is 13.5. The van der Waals surface area contributed by atoms with Gasteiger partial charge >= 0.3 is 0 Å². The molecule has 432 valence electrons. The van der Waals surface area contributed by atoms with Crippen molar-refractivity contribution in [2.75, 3.05) is 19.6 Å². The summed E-state index contributed by atoms with van der Waals surface area (Å²) < 4.78 is 114. The van der Waals surface area contributed by atoms with Gasteiger partial charge in [-0.25, -0.2) is 33.7 Å². The lowest BCUT2D eigenvalue weighted by Gasteiger charge is -2.38. The molecule has 4 aliphatic rings. The van der Waals surface area contributed by atoms with Crippen LogP contribution in [0.2, 0.25) is 0 Å². The molecule has 12 aromatic carbocycles. The Morgan fingerprint density at radius 3 is 0.461 bits per heavy atom. The van der Waals surface area contributed by atoms with E-state index in [9.17, 15) is 33.7 Å². The lowest BCUT2D eigenvalue weighted by atomic mass is 10.2. The normalized spacial score (nSPS) is 15.8. The Kier molecular flexibility index (Phi) is 12.2. The molecule has 0 aromatic heterocycles. The van der Waals surface area contributed by atoms with Gasteiger partial charge in [-0.1, -0.05) is 146 Å². The van der Waals surface area contributed by atoms with Crippen molar-refractivity contribution in [2.45, 2.75) is 39.2 Å². The van der Waals surface area contributed by atoms with Crippen LogP contribution < -0.4 is 40.3 Å². The molecule has 0 atom stereocenters. The third kappa shape index (κ3) is 7.92. The smallest absolute Gasteiger partial charge is 0.210 e. The Morgan fingerprint density at radius 2 is 0.315 bits per heavy atom. The number of hydrogen-bond donors (Lipinski definition) is 0. The molecule has 0 unspecified atom stereocenters. The van der Waals surface area contributed by atoms with Gasteiger partial charge in [-0.05, 0) is 166 Å². The zero-order chi connectivity index (χ0) is 60.6. The Morgan fingerprint density at radius 1 is 0.180 bits per heavy atom. The van der Waals surface area contributed by atoms with Gasteiger partial charge in [-0.3, -0.25) is 0 Å². The number of rotatable bonds is 8. The largest absolute Gasteiger partial charge is 0.308 e. The lowest BCUT2D eigenvalue weighted by molar-refractivity contribution is 0.593. The van der Waals surface area contributed by atoms with E-state index in [0.29, 0.717) is 45.5 Å². The molecule has 0 bridgehead atoms. The SMILES string of the molecule is O=S1(=O)c2ccccc2N(c2ccc([Si](c3ccc(N4c5ccccc5S(=O)(=O)c5ccccc54)cc3)(c3ccc(N4c5ccccc5S(=O)(=O)c5ccccc54)cc3)c3ccc(N4c5ccccc5S(=O)(=O)c5ccccc54)cc3)cc2)c2ccccc21. The molecule has 0 amide bonds. The molecule has 12 nitrogen and oxygen atoms in total. The topological polar surface area (TPSA) is 150 Å². The monoisotopic (exact) mass is 1250 g/mol. The second-order valence-corrected chi connectivity index (χ2v) is 33.4. The number of sulfone groups is 4. The summed E-state index contributed by atoms with van der Waals surface area (Å²) in [7, 11) is -19.2. The minimum absolute atomic E-state index is 0.191. The highest BCUT2D eigenvalue weighted by molar-refractivity contribution is 7.93. The minimum atomic E-state index is -3.87. The van der Waals surface area contributed by atoms with Gasteiger partial charge in [0.2, 0.25) is 39.3 Å². The van der Waals surface area contributed by atoms with E-state index in [2.05, 4.69) is 48.5 Å². The van der Waals surface area contributed by atoms with E-state index >= 15 is 0 Å². The number of nitrogens with zero attached hydrogens (tertiary/aromatic N) is 4. The summed E-state index contributed by atoms with van der Waals surface area (Å²) >= 11 is 0. The highest BCUT2D eigenvalue weighted by atomic mass is 32.2. The van der Waals surface area contributed by atoms with E-state index in [4.69, 9.17) is 0 Å². The lowest BCUT2D eigenvalue weighted by Crippen LogP contribution is -2.74. The molecule has 0 radical (unpaired) electrons. The van der Waals surface area contributed by atoms with Gasteiger partial charge in [0.1, 0.15) is 0 Å². The van der Waals surface area contributed by atoms with Crippen molar-refractivity contribution in [3.05, 3.63) is 291 Å². The quantitative estimate of drug-likeness (QED) is 0.105. The zero-order valence-electron chi connectivity index (χ0n) is 46.9. The van der Waals surface area contributed by atoms with Gasteiger partial charge in [0.05, 0.1) is 84.7 Å². The first-order valence-electron chi connectivity index (χ1n) is 28.6. The van der Waals surface area contributed by atoms with E-state index in [0.717, 1.165) is 43.5 Å². The highest BCUT2D eigenvalue weighted by Crippen LogP contribution is 2.52. The molecule has 12 aromatic rings. The summed E-state index contributed by atoms with van der Waals surface area (Å²) in [5.74, 6) is 0. The van der Waals surface area contributed by atoms with Crippen LogP contribution in [-0.4, -0.2) is 41.7 Å². The first-order valence-corrected chi connectivity index (χ1v) is 36.5. The second kappa shape index (κ2) is 19.9. The fourth-order valence-corrected chi connectivity index (χ4v) is 24.7. The maximum Gasteiger partial charge on any atom is 0.210 e. The van der Waals surface area contributed by atoms with Gasteiger partial charge in [0.15, 0.2) is 8.07 Å². The second-order valence-electron chi connectivity index (χ2n) is 22.0. The molecule has 89 heavy (non-hydrogen) atoms. The van der Waals surface area contributed by atoms with E-state index in [-0.39, 0.29) is 39.2 Å². The van der Waals surface area contributed by atoms with Crippen molar-refractivity contribution in [3.8, 4) is 0 Å². The third-order valence-corrected chi connectivity index (χ3v) is 29.6. The minimum Gasteiger partial charge on any atom is -0.308 e. The van der Waals surface area contributed by atoms with Crippen LogP contribution >= 0.6 is 0 Å². The van der Waals surface area contributed by atoms with Crippen LogP contribution in [0.1, 0.15) is 0 Å². The van der Waals surface area contributed by atoms with Crippen LogP contribution in [0.5, 0.6) is 0 Å². The van der Waals surface area contributed by atoms with Crippen LogP contribution in [0.15, 0.2) is 330 Å². The molecular weight excluding hydrogens is 1210 g/mol. The van der Waals surface area contributed by atoms with Crippen molar-refractivity contribution in [3.63, 3.8) is 0 Å². The molecule has 0 saturated heterocycles. The molecule has 16 rings (SSSR count). The zero-order valence-corrected chi connectivity index (χ0v) is 51.2. The summed E-state index contributed by atoms with van der Waals surface area (Å²) in [5.41, 5.74) is 7.00. The van der Waals surface area contributed by atoms with Crippen molar-refractivity contribution >= 4 is 136 Å². The summed E-state index contributed by atoms with van der Waals surface area (Å²) in [6.45, 7) is 0. The van der Waals surface area contributed by atoms with Crippen LogP contribution in [0.4, 0.5) is 68.2 Å². The maximum absolute atomic E-state index is 14.2. The molecule has 0 spiro atoms. The molecule has 0 fully saturated rings. The first kappa shape index (κ1) is 54.3. The molecule has 0 saturated carbocycles. The van der Waals surface area contributed by atoms with E-state index in [1.54, 1.807) is 97.1 Å². The molecule has 4 heterocycles. The number of anilines is 12. The van der Waals surface area contributed by atoms with Crippen molar-refractivity contribution in [1.29, 1.82) is 0 Å². The van der Waals surface area contributed by atoms with Crippen LogP contribution in [0.3, 0.4) is 0 Å². The Hall–Kier alpha value is -10.1. The molecule has 0 aliphatic carbocycles. The molecular formula is C72H48N4O8S4Si. The van der Waals surface area contributed by atoms with E-state index in [1.807, 2.05) is 165 Å². The van der Waals surface area contributed by atoms with Gasteiger partial charge in [0, 0.05) is 22.7 Å². The van der Waals surface area contributed by atoms with E-state index in [1.165, 1.54) is 0 Å². The van der Waals surface area contributed by atoms with Gasteiger partial charge in [-0.15, -0.1) is 0 Å². The average Bonchev–Trinajstić information content (AvgIpc) is 0.774. The fourth-order valence-electron chi connectivity index (χ4n) is 13.5. The number of para-hydroxylation sites is 8. The Balaban J connectivity index is 0.935. The van der Waals surface area contributed by atoms with Crippen molar-refractivity contribution < 1.29 is 33.7 Å². The highest BCUT2D eigenvalue weighted by Gasteiger charge is 2.45. The molecule has 17 heteroatoms. The van der Waals surface area contributed by atoms with Crippen LogP contribution in [0, 0.1) is 0 Å². The van der Waals surface area contributed by atoms with Crippen LogP contribution in [0.25, 0.3) is 0 Å². The van der Waals surface area contributed by atoms with Crippen molar-refractivity contribution in [1.82, 2.24) is 0 Å². The summed E-state index contributed by atoms with van der Waals surface area (Å²) in [6.07, 6.45) is 0. The Bertz CT molecular complexity index is 4530. The number of fused-ring (bicyclic) bond motifs is 8. The van der Waals surface area contributed by atoms with Crippen molar-refractivity contribution in [2.24, 2.45) is 0 Å². The predicted molar refractivity (Wildman–Crippen MR) is 351 cm³/mol. The maximum atomic E-state index is 14.2. The van der Waals surface area contributed by atoms with Gasteiger partial charge in [-0.2, -0.15) is 0 Å². The fraction of sp³-hybridized carbons (Fsp3) is 0.